The van der Waals surface area contributed by atoms with Crippen LogP contribution in [0.1, 0.15) is 30.4 Å². The first-order chi connectivity index (χ1) is 8.72. The maximum absolute atomic E-state index is 4.60. The summed E-state index contributed by atoms with van der Waals surface area (Å²) in [5, 5.41) is 0. The Morgan fingerprint density at radius 2 is 2.33 bits per heavy atom. The molecule has 1 aliphatic rings. The van der Waals surface area contributed by atoms with Crippen molar-refractivity contribution in [3.05, 3.63) is 52.0 Å². The quantitative estimate of drug-likeness (QED) is 0.825. The molecule has 0 radical (unpaired) electrons. The van der Waals surface area contributed by atoms with Gasteiger partial charge in [0, 0.05) is 29.3 Å². The first-order valence-electron chi connectivity index (χ1n) is 6.50. The molecule has 0 aliphatic carbocycles. The summed E-state index contributed by atoms with van der Waals surface area (Å²) in [5.41, 5.74) is 2.72. The van der Waals surface area contributed by atoms with Crippen molar-refractivity contribution >= 4 is 15.9 Å². The second-order valence-corrected chi connectivity index (χ2v) is 6.14. The summed E-state index contributed by atoms with van der Waals surface area (Å²) in [7, 11) is 0. The van der Waals surface area contributed by atoms with E-state index in [1.807, 2.05) is 0 Å². The Bertz CT molecular complexity index is 559. The number of benzene rings is 1. The van der Waals surface area contributed by atoms with Crippen LogP contribution in [0.5, 0.6) is 0 Å². The Labute approximate surface area is 116 Å². The number of fused-ring (bicyclic) bond motifs is 1. The van der Waals surface area contributed by atoms with Gasteiger partial charge in [-0.1, -0.05) is 35.0 Å². The molecule has 1 aromatic heterocycles. The highest BCUT2D eigenvalue weighted by Crippen LogP contribution is 2.23. The van der Waals surface area contributed by atoms with Gasteiger partial charge >= 0.3 is 0 Å². The fourth-order valence-electron chi connectivity index (χ4n) is 2.64. The Balaban J connectivity index is 1.87. The molecule has 1 unspecified atom stereocenters. The van der Waals surface area contributed by atoms with E-state index in [9.17, 15) is 0 Å². The monoisotopic (exact) mass is 304 g/mol. The van der Waals surface area contributed by atoms with Crippen LogP contribution in [0.15, 0.2) is 34.9 Å². The fraction of sp³-hybridized carbons (Fsp3) is 0.400. The van der Waals surface area contributed by atoms with Crippen LogP contribution in [0.4, 0.5) is 0 Å². The van der Waals surface area contributed by atoms with Crippen LogP contribution in [0, 0.1) is 5.92 Å². The van der Waals surface area contributed by atoms with Crippen molar-refractivity contribution in [1.82, 2.24) is 9.55 Å². The highest BCUT2D eigenvalue weighted by Gasteiger charge is 2.18. The molecule has 1 atom stereocenters. The largest absolute Gasteiger partial charge is 0.332 e. The van der Waals surface area contributed by atoms with Gasteiger partial charge in [0.15, 0.2) is 0 Å². The summed E-state index contributed by atoms with van der Waals surface area (Å²) in [6.07, 6.45) is 5.44. The normalized spacial score (nSPS) is 18.7. The van der Waals surface area contributed by atoms with Crippen LogP contribution < -0.4 is 0 Å². The molecule has 18 heavy (non-hydrogen) atoms. The zero-order valence-electron chi connectivity index (χ0n) is 10.6. The van der Waals surface area contributed by atoms with E-state index in [0.29, 0.717) is 0 Å². The molecule has 94 valence electrons. The molecule has 0 fully saturated rings. The highest BCUT2D eigenvalue weighted by molar-refractivity contribution is 9.10. The summed E-state index contributed by atoms with van der Waals surface area (Å²) in [6.45, 7) is 3.45. The lowest BCUT2D eigenvalue weighted by Crippen LogP contribution is -2.19. The van der Waals surface area contributed by atoms with Crippen molar-refractivity contribution < 1.29 is 0 Å². The average molecular weight is 305 g/mol. The van der Waals surface area contributed by atoms with E-state index in [-0.39, 0.29) is 0 Å². The van der Waals surface area contributed by atoms with Crippen molar-refractivity contribution in [2.75, 3.05) is 0 Å². The molecule has 0 spiro atoms. The summed E-state index contributed by atoms with van der Waals surface area (Å²) >= 11 is 3.52. The number of aromatic nitrogens is 2. The molecule has 3 heteroatoms. The standard InChI is InChI=1S/C15H17BrN2/c1-11-5-6-14-9-17-15(18(14)10-11)8-12-3-2-4-13(16)7-12/h2-4,7,9,11H,5-6,8,10H2,1H3. The third kappa shape index (κ3) is 2.37. The summed E-state index contributed by atoms with van der Waals surface area (Å²) < 4.78 is 3.55. The fourth-order valence-corrected chi connectivity index (χ4v) is 3.09. The SMILES string of the molecule is CC1CCc2cnc(Cc3cccc(Br)c3)n2C1. The Kier molecular flexibility index (Phi) is 3.25. The van der Waals surface area contributed by atoms with E-state index in [0.717, 1.165) is 23.4 Å². The molecule has 0 saturated heterocycles. The van der Waals surface area contributed by atoms with Gasteiger partial charge in [0.05, 0.1) is 0 Å². The highest BCUT2D eigenvalue weighted by atomic mass is 79.9. The van der Waals surface area contributed by atoms with E-state index in [1.54, 1.807) is 0 Å². The van der Waals surface area contributed by atoms with Gasteiger partial charge in [0.1, 0.15) is 5.82 Å². The van der Waals surface area contributed by atoms with Crippen molar-refractivity contribution in [2.24, 2.45) is 5.92 Å². The predicted octanol–water partition coefficient (Wildman–Crippen LogP) is 3.82. The predicted molar refractivity (Wildman–Crippen MR) is 76.7 cm³/mol. The summed E-state index contributed by atoms with van der Waals surface area (Å²) in [6, 6.07) is 8.49. The Morgan fingerprint density at radius 1 is 1.44 bits per heavy atom. The summed E-state index contributed by atoms with van der Waals surface area (Å²) in [4.78, 5) is 4.60. The molecule has 0 bridgehead atoms. The van der Waals surface area contributed by atoms with Gasteiger partial charge < -0.3 is 4.57 Å². The average Bonchev–Trinajstić information content (AvgIpc) is 2.72. The molecule has 0 N–H and O–H groups in total. The second-order valence-electron chi connectivity index (χ2n) is 5.23. The minimum Gasteiger partial charge on any atom is -0.332 e. The zero-order chi connectivity index (χ0) is 12.5. The van der Waals surface area contributed by atoms with Crippen LogP contribution in [-0.2, 0) is 19.4 Å². The maximum Gasteiger partial charge on any atom is 0.113 e. The lowest BCUT2D eigenvalue weighted by molar-refractivity contribution is 0.392. The molecule has 1 aliphatic heterocycles. The Morgan fingerprint density at radius 3 is 3.17 bits per heavy atom. The van der Waals surface area contributed by atoms with E-state index in [2.05, 4.69) is 62.9 Å². The van der Waals surface area contributed by atoms with Crippen LogP contribution in [0.25, 0.3) is 0 Å². The molecule has 2 heterocycles. The minimum atomic E-state index is 0.771. The van der Waals surface area contributed by atoms with E-state index in [4.69, 9.17) is 0 Å². The smallest absolute Gasteiger partial charge is 0.113 e. The van der Waals surface area contributed by atoms with Gasteiger partial charge in [-0.25, -0.2) is 4.98 Å². The molecule has 3 rings (SSSR count). The topological polar surface area (TPSA) is 17.8 Å². The number of imidazole rings is 1. The van der Waals surface area contributed by atoms with E-state index in [1.165, 1.54) is 29.9 Å². The molecule has 0 amide bonds. The second kappa shape index (κ2) is 4.88. The van der Waals surface area contributed by atoms with E-state index < -0.39 is 0 Å². The molecule has 2 aromatic rings. The Hall–Kier alpha value is -1.09. The molecule has 1 aromatic carbocycles. The third-order valence-corrected chi connectivity index (χ3v) is 4.15. The first-order valence-corrected chi connectivity index (χ1v) is 7.29. The number of hydrogen-bond acceptors (Lipinski definition) is 1. The van der Waals surface area contributed by atoms with Crippen molar-refractivity contribution in [3.8, 4) is 0 Å². The van der Waals surface area contributed by atoms with Gasteiger partial charge in [-0.15, -0.1) is 0 Å². The van der Waals surface area contributed by atoms with Gasteiger partial charge in [-0.05, 0) is 36.5 Å². The molecule has 2 nitrogen and oxygen atoms in total. The number of rotatable bonds is 2. The van der Waals surface area contributed by atoms with Crippen LogP contribution in [-0.4, -0.2) is 9.55 Å². The van der Waals surface area contributed by atoms with Crippen molar-refractivity contribution in [1.29, 1.82) is 0 Å². The van der Waals surface area contributed by atoms with Crippen LogP contribution in [0.2, 0.25) is 0 Å². The van der Waals surface area contributed by atoms with Crippen molar-refractivity contribution in [3.63, 3.8) is 0 Å². The minimum absolute atomic E-state index is 0.771. The molecular weight excluding hydrogens is 288 g/mol. The van der Waals surface area contributed by atoms with Crippen molar-refractivity contribution in [2.45, 2.75) is 32.7 Å². The van der Waals surface area contributed by atoms with E-state index >= 15 is 0 Å². The lowest BCUT2D eigenvalue weighted by atomic mass is 10.00. The lowest BCUT2D eigenvalue weighted by Gasteiger charge is -2.22. The third-order valence-electron chi connectivity index (χ3n) is 3.66. The molecular formula is C15H17BrN2. The van der Waals surface area contributed by atoms with Crippen LogP contribution >= 0.6 is 15.9 Å². The van der Waals surface area contributed by atoms with Gasteiger partial charge in [-0.3, -0.25) is 0 Å². The first kappa shape index (κ1) is 12.0. The number of hydrogen-bond donors (Lipinski definition) is 0. The molecule has 0 saturated carbocycles. The summed E-state index contributed by atoms with van der Waals surface area (Å²) in [5.74, 6) is 1.97. The number of aryl methyl sites for hydroxylation is 1. The van der Waals surface area contributed by atoms with Gasteiger partial charge in [0.2, 0.25) is 0 Å². The van der Waals surface area contributed by atoms with Crippen LogP contribution in [0.3, 0.4) is 0 Å². The van der Waals surface area contributed by atoms with Gasteiger partial charge in [0.25, 0.3) is 0 Å². The zero-order valence-corrected chi connectivity index (χ0v) is 12.2. The van der Waals surface area contributed by atoms with Gasteiger partial charge in [-0.2, -0.15) is 0 Å². The number of nitrogens with zero attached hydrogens (tertiary/aromatic N) is 2. The number of halogens is 1. The maximum atomic E-state index is 4.60.